The Labute approximate surface area is 151 Å². The van der Waals surface area contributed by atoms with Crippen molar-refractivity contribution < 1.29 is 22.6 Å². The number of hydrogen-bond acceptors (Lipinski definition) is 6. The SMILES string of the molecule is N#CCSc1nc(-c2ccc3c(c2)OCCO3)cc(C(F)(F)F)c1C#N. The van der Waals surface area contributed by atoms with Crippen LogP contribution < -0.4 is 9.47 Å². The summed E-state index contributed by atoms with van der Waals surface area (Å²) in [7, 11) is 0. The van der Waals surface area contributed by atoms with E-state index in [0.717, 1.165) is 17.8 Å². The zero-order chi connectivity index (χ0) is 18.7. The number of ether oxygens (including phenoxy) is 2. The second-order valence-corrected chi connectivity index (χ2v) is 6.11. The zero-order valence-electron chi connectivity index (χ0n) is 13.1. The topological polar surface area (TPSA) is 78.9 Å². The van der Waals surface area contributed by atoms with Crippen LogP contribution in [-0.2, 0) is 6.18 Å². The Kier molecular flexibility index (Phi) is 4.92. The van der Waals surface area contributed by atoms with Gasteiger partial charge in [0.1, 0.15) is 24.3 Å². The van der Waals surface area contributed by atoms with Crippen LogP contribution in [-0.4, -0.2) is 24.0 Å². The van der Waals surface area contributed by atoms with E-state index in [9.17, 15) is 13.2 Å². The van der Waals surface area contributed by atoms with Crippen LogP contribution in [0.15, 0.2) is 29.3 Å². The van der Waals surface area contributed by atoms with Crippen LogP contribution in [0.3, 0.4) is 0 Å². The standard InChI is InChI=1S/C17H10F3N3O2S/c18-17(19,20)12-8-13(23-16(11(12)9-22)26-6-3-21)10-1-2-14-15(7-10)25-5-4-24-14/h1-2,7-8H,4-6H2. The van der Waals surface area contributed by atoms with Gasteiger partial charge in [-0.1, -0.05) is 11.8 Å². The monoisotopic (exact) mass is 377 g/mol. The molecule has 0 saturated heterocycles. The number of pyridine rings is 1. The summed E-state index contributed by atoms with van der Waals surface area (Å²) in [5.74, 6) is 0.798. The third kappa shape index (κ3) is 3.53. The highest BCUT2D eigenvalue weighted by atomic mass is 32.2. The Morgan fingerprint density at radius 2 is 1.85 bits per heavy atom. The molecule has 26 heavy (non-hydrogen) atoms. The van der Waals surface area contributed by atoms with Crippen molar-refractivity contribution in [3.63, 3.8) is 0 Å². The van der Waals surface area contributed by atoms with Crippen LogP contribution in [0, 0.1) is 22.7 Å². The fraction of sp³-hybridized carbons (Fsp3) is 0.235. The van der Waals surface area contributed by atoms with E-state index in [1.807, 2.05) is 6.07 Å². The summed E-state index contributed by atoms with van der Waals surface area (Å²) >= 11 is 0.789. The van der Waals surface area contributed by atoms with Gasteiger partial charge in [-0.25, -0.2) is 4.98 Å². The molecule has 0 radical (unpaired) electrons. The lowest BCUT2D eigenvalue weighted by atomic mass is 10.0. The van der Waals surface area contributed by atoms with Crippen LogP contribution in [0.25, 0.3) is 11.3 Å². The Morgan fingerprint density at radius 3 is 2.50 bits per heavy atom. The molecule has 9 heteroatoms. The summed E-state index contributed by atoms with van der Waals surface area (Å²) in [4.78, 5) is 4.17. The van der Waals surface area contributed by atoms with Crippen LogP contribution in [0.4, 0.5) is 13.2 Å². The van der Waals surface area contributed by atoms with E-state index in [2.05, 4.69) is 4.98 Å². The molecule has 0 N–H and O–H groups in total. The van der Waals surface area contributed by atoms with Gasteiger partial charge < -0.3 is 9.47 Å². The molecule has 0 aliphatic carbocycles. The summed E-state index contributed by atoms with van der Waals surface area (Å²) in [6.45, 7) is 0.739. The van der Waals surface area contributed by atoms with Crippen molar-refractivity contribution in [3.8, 4) is 34.9 Å². The lowest BCUT2D eigenvalue weighted by Gasteiger charge is -2.19. The number of nitrogens with zero attached hydrogens (tertiary/aromatic N) is 3. The summed E-state index contributed by atoms with van der Waals surface area (Å²) in [5, 5.41) is 17.7. The zero-order valence-corrected chi connectivity index (χ0v) is 13.9. The minimum atomic E-state index is -4.72. The number of nitriles is 2. The first-order valence-corrected chi connectivity index (χ1v) is 8.34. The molecule has 1 aliphatic heterocycles. The lowest BCUT2D eigenvalue weighted by Crippen LogP contribution is -2.15. The molecule has 2 heterocycles. The van der Waals surface area contributed by atoms with E-state index >= 15 is 0 Å². The average Bonchev–Trinajstić information content (AvgIpc) is 2.64. The maximum Gasteiger partial charge on any atom is 0.417 e. The van der Waals surface area contributed by atoms with Crippen LogP contribution >= 0.6 is 11.8 Å². The Hall–Kier alpha value is -2.91. The van der Waals surface area contributed by atoms with Gasteiger partial charge in [-0.15, -0.1) is 0 Å². The molecule has 0 fully saturated rings. The van der Waals surface area contributed by atoms with E-state index in [4.69, 9.17) is 20.0 Å². The maximum absolute atomic E-state index is 13.4. The Bertz CT molecular complexity index is 933. The van der Waals surface area contributed by atoms with E-state index < -0.39 is 17.3 Å². The van der Waals surface area contributed by atoms with Crippen molar-refractivity contribution in [2.75, 3.05) is 19.0 Å². The number of rotatable bonds is 3. The largest absolute Gasteiger partial charge is 0.486 e. The number of thioether (sulfide) groups is 1. The number of fused-ring (bicyclic) bond motifs is 1. The van der Waals surface area contributed by atoms with E-state index in [-0.39, 0.29) is 16.5 Å². The molecule has 0 atom stereocenters. The number of alkyl halides is 3. The van der Waals surface area contributed by atoms with E-state index in [1.54, 1.807) is 24.3 Å². The van der Waals surface area contributed by atoms with Crippen LogP contribution in [0.2, 0.25) is 0 Å². The average molecular weight is 377 g/mol. The first kappa shape index (κ1) is 17.9. The van der Waals surface area contributed by atoms with Gasteiger partial charge in [-0.2, -0.15) is 23.7 Å². The van der Waals surface area contributed by atoms with Crippen molar-refractivity contribution in [2.24, 2.45) is 0 Å². The van der Waals surface area contributed by atoms with Gasteiger partial charge in [-0.05, 0) is 24.3 Å². The third-order valence-corrected chi connectivity index (χ3v) is 4.36. The van der Waals surface area contributed by atoms with Gasteiger partial charge in [0.2, 0.25) is 0 Å². The molecule has 0 amide bonds. The molecule has 3 rings (SSSR count). The maximum atomic E-state index is 13.4. The Balaban J connectivity index is 2.15. The van der Waals surface area contributed by atoms with Crippen molar-refractivity contribution >= 4 is 11.8 Å². The summed E-state index contributed by atoms with van der Waals surface area (Å²) in [5.41, 5.74) is -1.24. The van der Waals surface area contributed by atoms with Gasteiger partial charge in [0.25, 0.3) is 0 Å². The second-order valence-electron chi connectivity index (χ2n) is 5.15. The highest BCUT2D eigenvalue weighted by Gasteiger charge is 2.36. The second kappa shape index (κ2) is 7.14. The predicted molar refractivity (Wildman–Crippen MR) is 86.7 cm³/mol. The van der Waals surface area contributed by atoms with E-state index in [0.29, 0.717) is 30.3 Å². The molecule has 0 saturated carbocycles. The van der Waals surface area contributed by atoms with E-state index in [1.165, 1.54) is 0 Å². The third-order valence-electron chi connectivity index (χ3n) is 3.51. The van der Waals surface area contributed by atoms with Gasteiger partial charge >= 0.3 is 6.18 Å². The molecular weight excluding hydrogens is 367 g/mol. The fourth-order valence-electron chi connectivity index (χ4n) is 2.41. The first-order valence-electron chi connectivity index (χ1n) is 7.36. The number of hydrogen-bond donors (Lipinski definition) is 0. The molecule has 132 valence electrons. The highest BCUT2D eigenvalue weighted by Crippen LogP contribution is 2.39. The van der Waals surface area contributed by atoms with Crippen molar-refractivity contribution in [2.45, 2.75) is 11.2 Å². The molecule has 2 aromatic rings. The van der Waals surface area contributed by atoms with Crippen LogP contribution in [0.5, 0.6) is 11.5 Å². The Morgan fingerprint density at radius 1 is 1.12 bits per heavy atom. The molecule has 5 nitrogen and oxygen atoms in total. The first-order chi connectivity index (χ1) is 12.4. The van der Waals surface area contributed by atoms with Gasteiger partial charge in [-0.3, -0.25) is 0 Å². The molecule has 0 spiro atoms. The van der Waals surface area contributed by atoms with Crippen LogP contribution in [0.1, 0.15) is 11.1 Å². The lowest BCUT2D eigenvalue weighted by molar-refractivity contribution is -0.138. The normalized spacial score (nSPS) is 13.0. The molecule has 1 aromatic heterocycles. The molecular formula is C17H10F3N3O2S. The quantitative estimate of drug-likeness (QED) is 0.752. The molecule has 0 bridgehead atoms. The molecule has 1 aliphatic rings. The van der Waals surface area contributed by atoms with Gasteiger partial charge in [0.05, 0.1) is 28.6 Å². The minimum Gasteiger partial charge on any atom is -0.486 e. The van der Waals surface area contributed by atoms with Crippen molar-refractivity contribution in [1.82, 2.24) is 4.98 Å². The van der Waals surface area contributed by atoms with Gasteiger partial charge in [0, 0.05) is 5.56 Å². The molecule has 1 aromatic carbocycles. The molecule has 0 unspecified atom stereocenters. The van der Waals surface area contributed by atoms with Gasteiger partial charge in [0.15, 0.2) is 11.5 Å². The van der Waals surface area contributed by atoms with Crippen molar-refractivity contribution in [3.05, 3.63) is 35.4 Å². The number of halogens is 3. The minimum absolute atomic E-state index is 0.0359. The smallest absolute Gasteiger partial charge is 0.417 e. The highest BCUT2D eigenvalue weighted by molar-refractivity contribution is 7.99. The van der Waals surface area contributed by atoms with Crippen molar-refractivity contribution in [1.29, 1.82) is 10.5 Å². The summed E-state index contributed by atoms with van der Waals surface area (Å²) in [6.07, 6.45) is -4.72. The predicted octanol–water partition coefficient (Wildman–Crippen LogP) is 4.03. The summed E-state index contributed by atoms with van der Waals surface area (Å²) < 4.78 is 51.1. The summed E-state index contributed by atoms with van der Waals surface area (Å²) in [6, 6.07) is 8.92. The number of aromatic nitrogens is 1. The fourth-order valence-corrected chi connectivity index (χ4v) is 3.07. The number of benzene rings is 1.